The molecule has 4 N–H and O–H groups in total. The molecule has 0 saturated carbocycles. The van der Waals surface area contributed by atoms with Crippen molar-refractivity contribution in [2.24, 2.45) is 5.92 Å². The van der Waals surface area contributed by atoms with Crippen molar-refractivity contribution in [1.82, 2.24) is 20.9 Å². The number of para-hydroxylation sites is 1. The number of carbonyl (C=O) groups is 2. The molecule has 1 heterocycles. The summed E-state index contributed by atoms with van der Waals surface area (Å²) in [6.07, 6.45) is 1.05. The summed E-state index contributed by atoms with van der Waals surface area (Å²) in [5.74, 6) is 0.390. The van der Waals surface area contributed by atoms with Gasteiger partial charge in [0, 0.05) is 35.7 Å². The maximum atomic E-state index is 12.1. The van der Waals surface area contributed by atoms with Gasteiger partial charge < -0.3 is 25.7 Å². The minimum Gasteiger partial charge on any atom is -0.450 e. The summed E-state index contributed by atoms with van der Waals surface area (Å²) in [5, 5.41) is 9.73. The first kappa shape index (κ1) is 21.6. The second kappa shape index (κ2) is 10.6. The number of rotatable bonds is 9. The van der Waals surface area contributed by atoms with Crippen LogP contribution >= 0.6 is 0 Å². The van der Waals surface area contributed by atoms with Crippen LogP contribution in [0.5, 0.6) is 0 Å². The fourth-order valence-electron chi connectivity index (χ4n) is 3.34. The number of urea groups is 1. The number of benzene rings is 1. The largest absolute Gasteiger partial charge is 0.450 e. The Morgan fingerprint density at radius 2 is 1.93 bits per heavy atom. The number of alkyl carbamates (subject to hydrolysis) is 1. The Hall–Kier alpha value is -2.70. The van der Waals surface area contributed by atoms with E-state index in [0.29, 0.717) is 25.6 Å². The fraction of sp³-hybridized carbons (Fsp3) is 0.524. The number of amides is 3. The van der Waals surface area contributed by atoms with Gasteiger partial charge in [0.1, 0.15) is 0 Å². The molecule has 0 aliphatic carbocycles. The SMILES string of the molecule is CCOC(=O)NC(CNC(=O)NCCc1c(C)[nH]c2ccccc12)CC(C)C. The van der Waals surface area contributed by atoms with E-state index in [4.69, 9.17) is 4.74 Å². The molecule has 3 amide bonds. The molecule has 0 radical (unpaired) electrons. The first-order chi connectivity index (χ1) is 13.4. The van der Waals surface area contributed by atoms with Gasteiger partial charge >= 0.3 is 12.1 Å². The number of ether oxygens (including phenoxy) is 1. The summed E-state index contributed by atoms with van der Waals surface area (Å²) in [6, 6.07) is 7.76. The third-order valence-corrected chi connectivity index (χ3v) is 4.55. The van der Waals surface area contributed by atoms with Crippen molar-refractivity contribution >= 4 is 23.0 Å². The molecule has 0 fully saturated rings. The molecule has 1 aromatic carbocycles. The number of nitrogens with one attached hydrogen (secondary N) is 4. The van der Waals surface area contributed by atoms with E-state index in [-0.39, 0.29) is 12.1 Å². The summed E-state index contributed by atoms with van der Waals surface area (Å²) in [4.78, 5) is 27.2. The van der Waals surface area contributed by atoms with Crippen LogP contribution in [0.1, 0.15) is 38.4 Å². The summed E-state index contributed by atoms with van der Waals surface area (Å²) in [6.45, 7) is 9.17. The molecule has 1 unspecified atom stereocenters. The van der Waals surface area contributed by atoms with E-state index in [9.17, 15) is 9.59 Å². The highest BCUT2D eigenvalue weighted by Gasteiger charge is 2.16. The Bertz CT molecular complexity index is 785. The third kappa shape index (κ3) is 6.48. The summed E-state index contributed by atoms with van der Waals surface area (Å²) >= 11 is 0. The molecular formula is C21H32N4O3. The van der Waals surface area contributed by atoms with E-state index >= 15 is 0 Å². The van der Waals surface area contributed by atoms with Gasteiger partial charge in [-0.25, -0.2) is 9.59 Å². The van der Waals surface area contributed by atoms with Gasteiger partial charge in [0.2, 0.25) is 0 Å². The van der Waals surface area contributed by atoms with Gasteiger partial charge in [-0.05, 0) is 44.2 Å². The first-order valence-corrected chi connectivity index (χ1v) is 9.91. The number of carbonyl (C=O) groups excluding carboxylic acids is 2. The molecule has 0 spiro atoms. The van der Waals surface area contributed by atoms with Crippen molar-refractivity contribution in [3.05, 3.63) is 35.5 Å². The zero-order valence-corrected chi connectivity index (χ0v) is 17.2. The average Bonchev–Trinajstić information content (AvgIpc) is 2.95. The zero-order chi connectivity index (χ0) is 20.5. The second-order valence-electron chi connectivity index (χ2n) is 7.35. The molecule has 7 nitrogen and oxygen atoms in total. The standard InChI is InChI=1S/C21H32N4O3/c1-5-28-21(27)25-16(12-14(2)3)13-23-20(26)22-11-10-17-15(4)24-19-9-7-6-8-18(17)19/h6-9,14,16,24H,5,10-13H2,1-4H3,(H,25,27)(H2,22,23,26). The first-order valence-electron chi connectivity index (χ1n) is 9.91. The number of hydrogen-bond donors (Lipinski definition) is 4. The van der Waals surface area contributed by atoms with E-state index in [2.05, 4.69) is 46.9 Å². The molecule has 1 aromatic heterocycles. The Morgan fingerprint density at radius 1 is 1.18 bits per heavy atom. The van der Waals surface area contributed by atoms with Gasteiger partial charge in [-0.3, -0.25) is 0 Å². The molecular weight excluding hydrogens is 356 g/mol. The van der Waals surface area contributed by atoms with Crippen LogP contribution in [0.4, 0.5) is 9.59 Å². The lowest BCUT2D eigenvalue weighted by Gasteiger charge is -2.21. The minimum absolute atomic E-state index is 0.166. The fourth-order valence-corrected chi connectivity index (χ4v) is 3.34. The minimum atomic E-state index is -0.454. The van der Waals surface area contributed by atoms with Crippen molar-refractivity contribution in [1.29, 1.82) is 0 Å². The van der Waals surface area contributed by atoms with Crippen LogP contribution < -0.4 is 16.0 Å². The van der Waals surface area contributed by atoms with Crippen molar-refractivity contribution in [3.8, 4) is 0 Å². The second-order valence-corrected chi connectivity index (χ2v) is 7.35. The van der Waals surface area contributed by atoms with Crippen LogP contribution in [0.15, 0.2) is 24.3 Å². The molecule has 154 valence electrons. The average molecular weight is 389 g/mol. The molecule has 7 heteroatoms. The predicted octanol–water partition coefficient (Wildman–Crippen LogP) is 3.48. The number of hydrogen-bond acceptors (Lipinski definition) is 3. The van der Waals surface area contributed by atoms with Crippen LogP contribution in [-0.2, 0) is 11.2 Å². The van der Waals surface area contributed by atoms with Gasteiger partial charge in [0.25, 0.3) is 0 Å². The maximum absolute atomic E-state index is 12.1. The van der Waals surface area contributed by atoms with Gasteiger partial charge in [-0.15, -0.1) is 0 Å². The lowest BCUT2D eigenvalue weighted by atomic mass is 10.0. The van der Waals surface area contributed by atoms with Crippen LogP contribution in [0.2, 0.25) is 0 Å². The number of fused-ring (bicyclic) bond motifs is 1. The Morgan fingerprint density at radius 3 is 2.64 bits per heavy atom. The van der Waals surface area contributed by atoms with Crippen molar-refractivity contribution in [3.63, 3.8) is 0 Å². The normalized spacial score (nSPS) is 12.0. The zero-order valence-electron chi connectivity index (χ0n) is 17.2. The number of H-pyrrole nitrogens is 1. The smallest absolute Gasteiger partial charge is 0.407 e. The Labute approximate surface area is 166 Å². The summed E-state index contributed by atoms with van der Waals surface area (Å²) in [7, 11) is 0. The molecule has 0 aliphatic rings. The van der Waals surface area contributed by atoms with Crippen molar-refractivity contribution in [2.45, 2.75) is 46.6 Å². The van der Waals surface area contributed by atoms with E-state index in [0.717, 1.165) is 24.1 Å². The van der Waals surface area contributed by atoms with Crippen LogP contribution in [0, 0.1) is 12.8 Å². The molecule has 28 heavy (non-hydrogen) atoms. The van der Waals surface area contributed by atoms with Gasteiger partial charge in [0.15, 0.2) is 0 Å². The van der Waals surface area contributed by atoms with Gasteiger partial charge in [-0.1, -0.05) is 32.0 Å². The predicted molar refractivity (Wildman–Crippen MR) is 112 cm³/mol. The lowest BCUT2D eigenvalue weighted by molar-refractivity contribution is 0.146. The van der Waals surface area contributed by atoms with Gasteiger partial charge in [-0.2, -0.15) is 0 Å². The van der Waals surface area contributed by atoms with E-state index < -0.39 is 6.09 Å². The molecule has 0 bridgehead atoms. The van der Waals surface area contributed by atoms with E-state index in [1.807, 2.05) is 19.1 Å². The van der Waals surface area contributed by atoms with Crippen LogP contribution in [0.3, 0.4) is 0 Å². The van der Waals surface area contributed by atoms with E-state index in [1.165, 1.54) is 10.9 Å². The Balaban J connectivity index is 1.80. The molecule has 0 saturated heterocycles. The highest BCUT2D eigenvalue weighted by Crippen LogP contribution is 2.21. The molecule has 0 aliphatic heterocycles. The van der Waals surface area contributed by atoms with Gasteiger partial charge in [0.05, 0.1) is 6.61 Å². The quantitative estimate of drug-likeness (QED) is 0.530. The third-order valence-electron chi connectivity index (χ3n) is 4.55. The molecule has 2 aromatic rings. The monoisotopic (exact) mass is 388 g/mol. The number of aromatic amines is 1. The Kier molecular flexibility index (Phi) is 8.17. The van der Waals surface area contributed by atoms with Crippen molar-refractivity contribution < 1.29 is 14.3 Å². The van der Waals surface area contributed by atoms with E-state index in [1.54, 1.807) is 6.92 Å². The van der Waals surface area contributed by atoms with Crippen molar-refractivity contribution in [2.75, 3.05) is 19.7 Å². The van der Waals surface area contributed by atoms with Crippen LogP contribution in [0.25, 0.3) is 10.9 Å². The summed E-state index contributed by atoms with van der Waals surface area (Å²) < 4.78 is 4.93. The topological polar surface area (TPSA) is 95.2 Å². The molecule has 2 rings (SSSR count). The maximum Gasteiger partial charge on any atom is 0.407 e. The molecule has 1 atom stereocenters. The summed E-state index contributed by atoms with van der Waals surface area (Å²) in [5.41, 5.74) is 3.46. The highest BCUT2D eigenvalue weighted by atomic mass is 16.5. The number of aromatic nitrogens is 1. The van der Waals surface area contributed by atoms with Crippen LogP contribution in [-0.4, -0.2) is 42.8 Å². The number of aryl methyl sites for hydroxylation is 1. The lowest BCUT2D eigenvalue weighted by Crippen LogP contribution is -2.47. The highest BCUT2D eigenvalue weighted by molar-refractivity contribution is 5.84.